The fourth-order valence-corrected chi connectivity index (χ4v) is 1.80. The smallest absolute Gasteiger partial charge is 0.145 e. The van der Waals surface area contributed by atoms with E-state index >= 15 is 0 Å². The zero-order chi connectivity index (χ0) is 12.8. The first-order valence-corrected chi connectivity index (χ1v) is 6.61. The SMILES string of the molecule is CCCNc1ccc2cccc(OCCC)c2n1. The van der Waals surface area contributed by atoms with Gasteiger partial charge in [0, 0.05) is 11.9 Å². The molecule has 0 saturated heterocycles. The number of rotatable bonds is 6. The number of fused-ring (bicyclic) bond motifs is 1. The minimum atomic E-state index is 0.730. The highest BCUT2D eigenvalue weighted by molar-refractivity contribution is 5.85. The zero-order valence-electron chi connectivity index (χ0n) is 11.1. The molecule has 0 bridgehead atoms. The van der Waals surface area contributed by atoms with E-state index in [0.29, 0.717) is 0 Å². The van der Waals surface area contributed by atoms with Crippen LogP contribution in [-0.4, -0.2) is 18.1 Å². The molecule has 0 aliphatic carbocycles. The largest absolute Gasteiger partial charge is 0.491 e. The summed E-state index contributed by atoms with van der Waals surface area (Å²) in [6.45, 7) is 5.92. The Balaban J connectivity index is 2.32. The molecule has 1 aromatic carbocycles. The van der Waals surface area contributed by atoms with Crippen LogP contribution in [0.25, 0.3) is 10.9 Å². The van der Waals surface area contributed by atoms with Crippen molar-refractivity contribution in [1.82, 2.24) is 4.98 Å². The number of aromatic nitrogens is 1. The summed E-state index contributed by atoms with van der Waals surface area (Å²) in [5.74, 6) is 1.78. The first-order valence-electron chi connectivity index (χ1n) is 6.61. The average molecular weight is 244 g/mol. The van der Waals surface area contributed by atoms with E-state index in [0.717, 1.165) is 48.5 Å². The Morgan fingerprint density at radius 2 is 2.00 bits per heavy atom. The molecule has 0 amide bonds. The molecule has 1 N–H and O–H groups in total. The lowest BCUT2D eigenvalue weighted by Gasteiger charge is -2.09. The van der Waals surface area contributed by atoms with Gasteiger partial charge in [-0.2, -0.15) is 0 Å². The highest BCUT2D eigenvalue weighted by atomic mass is 16.5. The summed E-state index contributed by atoms with van der Waals surface area (Å²) in [7, 11) is 0. The first-order chi connectivity index (χ1) is 8.85. The molecule has 18 heavy (non-hydrogen) atoms. The van der Waals surface area contributed by atoms with Crippen molar-refractivity contribution in [3.05, 3.63) is 30.3 Å². The monoisotopic (exact) mass is 244 g/mol. The molecule has 0 aliphatic rings. The maximum Gasteiger partial charge on any atom is 0.145 e. The summed E-state index contributed by atoms with van der Waals surface area (Å²) in [5, 5.41) is 4.42. The van der Waals surface area contributed by atoms with Gasteiger partial charge in [-0.3, -0.25) is 0 Å². The van der Waals surface area contributed by atoms with Crippen LogP contribution < -0.4 is 10.1 Å². The van der Waals surface area contributed by atoms with Crippen LogP contribution in [0.15, 0.2) is 30.3 Å². The van der Waals surface area contributed by atoms with Crippen molar-refractivity contribution in [2.75, 3.05) is 18.5 Å². The summed E-state index contributed by atoms with van der Waals surface area (Å²) in [6.07, 6.45) is 2.10. The number of benzene rings is 1. The fourth-order valence-electron chi connectivity index (χ4n) is 1.80. The molecular weight excluding hydrogens is 224 g/mol. The van der Waals surface area contributed by atoms with E-state index < -0.39 is 0 Å². The van der Waals surface area contributed by atoms with E-state index in [2.05, 4.69) is 36.3 Å². The summed E-state index contributed by atoms with van der Waals surface area (Å²) in [6, 6.07) is 10.1. The van der Waals surface area contributed by atoms with Crippen molar-refractivity contribution >= 4 is 16.7 Å². The second-order valence-corrected chi connectivity index (χ2v) is 4.30. The third kappa shape index (κ3) is 2.92. The van der Waals surface area contributed by atoms with E-state index in [1.54, 1.807) is 0 Å². The fraction of sp³-hybridized carbons (Fsp3) is 0.400. The maximum atomic E-state index is 5.74. The zero-order valence-corrected chi connectivity index (χ0v) is 11.1. The minimum absolute atomic E-state index is 0.730. The van der Waals surface area contributed by atoms with Crippen LogP contribution in [0.2, 0.25) is 0 Å². The van der Waals surface area contributed by atoms with Gasteiger partial charge in [-0.05, 0) is 31.0 Å². The molecular formula is C15H20N2O. The molecule has 96 valence electrons. The van der Waals surface area contributed by atoms with Gasteiger partial charge >= 0.3 is 0 Å². The van der Waals surface area contributed by atoms with Gasteiger partial charge in [-0.1, -0.05) is 26.0 Å². The van der Waals surface area contributed by atoms with Gasteiger partial charge in [0.2, 0.25) is 0 Å². The first kappa shape index (κ1) is 12.7. The Bertz CT molecular complexity index is 511. The molecule has 0 unspecified atom stereocenters. The van der Waals surface area contributed by atoms with E-state index in [4.69, 9.17) is 4.74 Å². The molecule has 1 heterocycles. The Morgan fingerprint density at radius 3 is 2.78 bits per heavy atom. The molecule has 3 nitrogen and oxygen atoms in total. The number of para-hydroxylation sites is 1. The minimum Gasteiger partial charge on any atom is -0.491 e. The summed E-state index contributed by atoms with van der Waals surface area (Å²) in [5.41, 5.74) is 0.937. The van der Waals surface area contributed by atoms with Crippen molar-refractivity contribution in [2.45, 2.75) is 26.7 Å². The summed E-state index contributed by atoms with van der Waals surface area (Å²) < 4.78 is 5.74. The van der Waals surface area contributed by atoms with Crippen LogP contribution >= 0.6 is 0 Å². The van der Waals surface area contributed by atoms with Gasteiger partial charge in [0.25, 0.3) is 0 Å². The van der Waals surface area contributed by atoms with Crippen LogP contribution in [0.1, 0.15) is 26.7 Å². The Morgan fingerprint density at radius 1 is 1.11 bits per heavy atom. The number of ether oxygens (including phenoxy) is 1. The summed E-state index contributed by atoms with van der Waals surface area (Å²) >= 11 is 0. The van der Waals surface area contributed by atoms with E-state index in [9.17, 15) is 0 Å². The van der Waals surface area contributed by atoms with E-state index in [1.165, 1.54) is 0 Å². The highest BCUT2D eigenvalue weighted by Gasteiger charge is 2.04. The van der Waals surface area contributed by atoms with Gasteiger partial charge in [-0.25, -0.2) is 4.98 Å². The lowest BCUT2D eigenvalue weighted by molar-refractivity contribution is 0.320. The number of anilines is 1. The number of nitrogens with zero attached hydrogens (tertiary/aromatic N) is 1. The maximum absolute atomic E-state index is 5.74. The van der Waals surface area contributed by atoms with Crippen LogP contribution in [-0.2, 0) is 0 Å². The van der Waals surface area contributed by atoms with Crippen LogP contribution in [0.5, 0.6) is 5.75 Å². The quantitative estimate of drug-likeness (QED) is 0.838. The van der Waals surface area contributed by atoms with Gasteiger partial charge in [-0.15, -0.1) is 0 Å². The van der Waals surface area contributed by atoms with Crippen molar-refractivity contribution in [2.24, 2.45) is 0 Å². The molecule has 0 fully saturated rings. The van der Waals surface area contributed by atoms with E-state index in [1.807, 2.05) is 18.2 Å². The summed E-state index contributed by atoms with van der Waals surface area (Å²) in [4.78, 5) is 4.63. The van der Waals surface area contributed by atoms with Gasteiger partial charge in [0.15, 0.2) is 0 Å². The van der Waals surface area contributed by atoms with Crippen LogP contribution in [0, 0.1) is 0 Å². The predicted molar refractivity (Wildman–Crippen MR) is 76.3 cm³/mol. The van der Waals surface area contributed by atoms with Gasteiger partial charge < -0.3 is 10.1 Å². The van der Waals surface area contributed by atoms with Crippen molar-refractivity contribution in [1.29, 1.82) is 0 Å². The molecule has 0 spiro atoms. The average Bonchev–Trinajstić information content (AvgIpc) is 2.42. The van der Waals surface area contributed by atoms with Gasteiger partial charge in [0.1, 0.15) is 17.1 Å². The van der Waals surface area contributed by atoms with Crippen LogP contribution in [0.4, 0.5) is 5.82 Å². The third-order valence-corrected chi connectivity index (χ3v) is 2.70. The number of pyridine rings is 1. The molecule has 0 radical (unpaired) electrons. The van der Waals surface area contributed by atoms with Crippen molar-refractivity contribution in [3.63, 3.8) is 0 Å². The standard InChI is InChI=1S/C15H20N2O/c1-3-10-16-14-9-8-12-6-5-7-13(15(12)17-14)18-11-4-2/h5-9H,3-4,10-11H2,1-2H3,(H,16,17). The molecule has 0 saturated carbocycles. The molecule has 3 heteroatoms. The molecule has 0 aliphatic heterocycles. The Hall–Kier alpha value is -1.77. The number of hydrogen-bond acceptors (Lipinski definition) is 3. The Labute approximate surface area is 108 Å². The number of hydrogen-bond donors (Lipinski definition) is 1. The normalized spacial score (nSPS) is 10.6. The van der Waals surface area contributed by atoms with E-state index in [-0.39, 0.29) is 0 Å². The van der Waals surface area contributed by atoms with Crippen molar-refractivity contribution < 1.29 is 4.74 Å². The lowest BCUT2D eigenvalue weighted by atomic mass is 10.2. The van der Waals surface area contributed by atoms with Gasteiger partial charge in [0.05, 0.1) is 6.61 Å². The Kier molecular flexibility index (Phi) is 4.40. The topological polar surface area (TPSA) is 34.1 Å². The highest BCUT2D eigenvalue weighted by Crippen LogP contribution is 2.25. The third-order valence-electron chi connectivity index (χ3n) is 2.70. The molecule has 1 aromatic heterocycles. The number of nitrogens with one attached hydrogen (secondary N) is 1. The van der Waals surface area contributed by atoms with Crippen molar-refractivity contribution in [3.8, 4) is 5.75 Å². The second-order valence-electron chi connectivity index (χ2n) is 4.30. The second kappa shape index (κ2) is 6.24. The van der Waals surface area contributed by atoms with Crippen LogP contribution in [0.3, 0.4) is 0 Å². The molecule has 2 rings (SSSR count). The molecule has 2 aromatic rings. The molecule has 0 atom stereocenters. The predicted octanol–water partition coefficient (Wildman–Crippen LogP) is 3.85. The lowest BCUT2D eigenvalue weighted by Crippen LogP contribution is -2.02.